The molecule has 0 heterocycles. The quantitative estimate of drug-likeness (QED) is 0.600. The van der Waals surface area contributed by atoms with Crippen LogP contribution in [0.4, 0.5) is 0 Å². The van der Waals surface area contributed by atoms with E-state index in [-0.39, 0.29) is 5.75 Å². The van der Waals surface area contributed by atoms with Crippen LogP contribution in [-0.2, 0) is 4.74 Å². The number of benzene rings is 1. The summed E-state index contributed by atoms with van der Waals surface area (Å²) in [5.41, 5.74) is 1.42. The summed E-state index contributed by atoms with van der Waals surface area (Å²) >= 11 is 0. The molecule has 0 amide bonds. The van der Waals surface area contributed by atoms with Gasteiger partial charge < -0.3 is 9.84 Å². The van der Waals surface area contributed by atoms with Crippen LogP contribution in [0.15, 0.2) is 55.3 Å². The number of hydrogen-bond acceptors (Lipinski definition) is 2. The molecule has 0 aliphatic heterocycles. The van der Waals surface area contributed by atoms with Crippen molar-refractivity contribution in [1.82, 2.24) is 0 Å². The van der Waals surface area contributed by atoms with E-state index in [9.17, 15) is 5.11 Å². The number of aromatic hydroxyl groups is 1. The van der Waals surface area contributed by atoms with Crippen molar-refractivity contribution < 1.29 is 9.84 Å². The van der Waals surface area contributed by atoms with E-state index in [0.29, 0.717) is 16.9 Å². The zero-order valence-electron chi connectivity index (χ0n) is 8.73. The molecule has 0 aliphatic rings. The molecule has 1 N–H and O–H groups in total. The summed E-state index contributed by atoms with van der Waals surface area (Å²) < 4.78 is 4.88. The summed E-state index contributed by atoms with van der Waals surface area (Å²) in [6.07, 6.45) is 3.45. The van der Waals surface area contributed by atoms with E-state index in [0.717, 1.165) is 0 Å². The second-order valence-electron chi connectivity index (χ2n) is 3.05. The van der Waals surface area contributed by atoms with Gasteiger partial charge in [-0.15, -0.1) is 0 Å². The molecule has 2 nitrogen and oxygen atoms in total. The van der Waals surface area contributed by atoms with E-state index < -0.39 is 0 Å². The third-order valence-electron chi connectivity index (χ3n) is 1.98. The van der Waals surface area contributed by atoms with Gasteiger partial charge in [-0.1, -0.05) is 37.4 Å². The summed E-state index contributed by atoms with van der Waals surface area (Å²) in [7, 11) is 1.55. The molecule has 0 atom stereocenters. The SMILES string of the molecule is C=C(/C=C\C(=C)c1ccccc1O)OC. The number of para-hydroxylation sites is 1. The Balaban J connectivity index is 2.83. The van der Waals surface area contributed by atoms with Crippen LogP contribution in [-0.4, -0.2) is 12.2 Å². The van der Waals surface area contributed by atoms with Gasteiger partial charge in [0.05, 0.1) is 7.11 Å². The van der Waals surface area contributed by atoms with Crippen molar-refractivity contribution >= 4 is 5.57 Å². The highest BCUT2D eigenvalue weighted by Crippen LogP contribution is 2.24. The van der Waals surface area contributed by atoms with Gasteiger partial charge in [0.2, 0.25) is 0 Å². The predicted molar refractivity (Wildman–Crippen MR) is 62.4 cm³/mol. The first-order valence-electron chi connectivity index (χ1n) is 4.53. The van der Waals surface area contributed by atoms with Gasteiger partial charge in [0.1, 0.15) is 11.5 Å². The Morgan fingerprint density at radius 3 is 2.53 bits per heavy atom. The minimum Gasteiger partial charge on any atom is -0.507 e. The molecule has 1 aromatic carbocycles. The summed E-state index contributed by atoms with van der Waals surface area (Å²) in [4.78, 5) is 0. The Morgan fingerprint density at radius 1 is 1.27 bits per heavy atom. The number of ether oxygens (including phenoxy) is 1. The lowest BCUT2D eigenvalue weighted by molar-refractivity contribution is 0.309. The van der Waals surface area contributed by atoms with Gasteiger partial charge in [-0.3, -0.25) is 0 Å². The minimum atomic E-state index is 0.218. The van der Waals surface area contributed by atoms with Crippen molar-refractivity contribution in [3.8, 4) is 5.75 Å². The number of hydrogen-bond donors (Lipinski definition) is 1. The minimum absolute atomic E-state index is 0.218. The topological polar surface area (TPSA) is 29.5 Å². The normalized spacial score (nSPS) is 10.2. The average molecular weight is 202 g/mol. The lowest BCUT2D eigenvalue weighted by atomic mass is 10.1. The monoisotopic (exact) mass is 202 g/mol. The Bertz CT molecular complexity index is 403. The predicted octanol–water partition coefficient (Wildman–Crippen LogP) is 3.12. The van der Waals surface area contributed by atoms with Gasteiger partial charge in [-0.25, -0.2) is 0 Å². The summed E-state index contributed by atoms with van der Waals surface area (Å²) in [6.45, 7) is 7.50. The van der Waals surface area contributed by atoms with Crippen molar-refractivity contribution in [2.45, 2.75) is 0 Å². The standard InChI is InChI=1S/C13H14O2/c1-10(8-9-11(2)15-3)12-6-4-5-7-13(12)14/h4-9,14H,1-2H2,3H3/b9-8-. The van der Waals surface area contributed by atoms with Gasteiger partial charge in [0.25, 0.3) is 0 Å². The first-order chi connectivity index (χ1) is 7.15. The second kappa shape index (κ2) is 5.05. The molecule has 0 unspecified atom stereocenters. The maximum atomic E-state index is 9.55. The summed E-state index contributed by atoms with van der Waals surface area (Å²) in [5, 5.41) is 9.55. The lowest BCUT2D eigenvalue weighted by Crippen LogP contribution is -1.81. The fourth-order valence-electron chi connectivity index (χ4n) is 1.10. The van der Waals surface area contributed by atoms with Gasteiger partial charge >= 0.3 is 0 Å². The fourth-order valence-corrected chi connectivity index (χ4v) is 1.10. The Hall–Kier alpha value is -1.96. The first-order valence-corrected chi connectivity index (χ1v) is 4.53. The van der Waals surface area contributed by atoms with Crippen LogP contribution in [0.2, 0.25) is 0 Å². The maximum Gasteiger partial charge on any atom is 0.123 e. The molecular formula is C13H14O2. The van der Waals surface area contributed by atoms with E-state index in [1.54, 1.807) is 37.5 Å². The number of phenols is 1. The van der Waals surface area contributed by atoms with Crippen LogP contribution in [0.1, 0.15) is 5.56 Å². The van der Waals surface area contributed by atoms with Crippen LogP contribution >= 0.6 is 0 Å². The van der Waals surface area contributed by atoms with E-state index in [4.69, 9.17) is 4.74 Å². The number of rotatable bonds is 4. The highest BCUT2D eigenvalue weighted by atomic mass is 16.5. The first kappa shape index (κ1) is 11.1. The number of allylic oxidation sites excluding steroid dienone is 3. The van der Waals surface area contributed by atoms with Crippen LogP contribution in [0, 0.1) is 0 Å². The molecule has 0 aromatic heterocycles. The number of phenolic OH excluding ortho intramolecular Hbond substituents is 1. The van der Waals surface area contributed by atoms with Gasteiger partial charge in [-0.2, -0.15) is 0 Å². The van der Waals surface area contributed by atoms with Crippen molar-refractivity contribution in [3.63, 3.8) is 0 Å². The smallest absolute Gasteiger partial charge is 0.123 e. The van der Waals surface area contributed by atoms with Crippen molar-refractivity contribution in [2.75, 3.05) is 7.11 Å². The largest absolute Gasteiger partial charge is 0.507 e. The van der Waals surface area contributed by atoms with Gasteiger partial charge in [0.15, 0.2) is 0 Å². The molecule has 0 saturated heterocycles. The Labute approximate surface area is 89.8 Å². The molecule has 2 heteroatoms. The van der Waals surface area contributed by atoms with Crippen molar-refractivity contribution in [3.05, 3.63) is 60.9 Å². The molecule has 0 fully saturated rings. The van der Waals surface area contributed by atoms with Crippen molar-refractivity contribution in [1.29, 1.82) is 0 Å². The fraction of sp³-hybridized carbons (Fsp3) is 0.0769. The van der Waals surface area contributed by atoms with Crippen LogP contribution in [0.3, 0.4) is 0 Å². The average Bonchev–Trinajstić information content (AvgIpc) is 2.26. The molecule has 1 aromatic rings. The molecule has 0 bridgehead atoms. The van der Waals surface area contributed by atoms with Crippen LogP contribution in [0.25, 0.3) is 5.57 Å². The molecule has 0 saturated carbocycles. The Morgan fingerprint density at radius 2 is 1.93 bits per heavy atom. The summed E-state index contributed by atoms with van der Waals surface area (Å²) in [6, 6.07) is 7.04. The lowest BCUT2D eigenvalue weighted by Gasteiger charge is -2.03. The van der Waals surface area contributed by atoms with E-state index >= 15 is 0 Å². The zero-order chi connectivity index (χ0) is 11.3. The van der Waals surface area contributed by atoms with Gasteiger partial charge in [-0.05, 0) is 17.7 Å². The molecule has 15 heavy (non-hydrogen) atoms. The van der Waals surface area contributed by atoms with Crippen LogP contribution in [0.5, 0.6) is 5.75 Å². The molecule has 1 rings (SSSR count). The third kappa shape index (κ3) is 3.02. The maximum absolute atomic E-state index is 9.55. The molecular weight excluding hydrogens is 188 g/mol. The molecule has 0 spiro atoms. The molecule has 0 aliphatic carbocycles. The second-order valence-corrected chi connectivity index (χ2v) is 3.05. The van der Waals surface area contributed by atoms with Crippen molar-refractivity contribution in [2.24, 2.45) is 0 Å². The highest BCUT2D eigenvalue weighted by Gasteiger charge is 2.00. The van der Waals surface area contributed by atoms with E-state index in [1.807, 2.05) is 6.07 Å². The van der Waals surface area contributed by atoms with E-state index in [1.165, 1.54) is 0 Å². The van der Waals surface area contributed by atoms with E-state index in [2.05, 4.69) is 13.2 Å². The Kier molecular flexibility index (Phi) is 3.75. The highest BCUT2D eigenvalue weighted by molar-refractivity contribution is 5.76. The zero-order valence-corrected chi connectivity index (χ0v) is 8.73. The number of methoxy groups -OCH3 is 1. The third-order valence-corrected chi connectivity index (χ3v) is 1.98. The van der Waals surface area contributed by atoms with Gasteiger partial charge in [0, 0.05) is 5.56 Å². The summed E-state index contributed by atoms with van der Waals surface area (Å²) in [5.74, 6) is 0.766. The molecule has 78 valence electrons. The van der Waals surface area contributed by atoms with Crippen LogP contribution < -0.4 is 0 Å². The molecule has 0 radical (unpaired) electrons.